The van der Waals surface area contributed by atoms with E-state index in [0.29, 0.717) is 18.2 Å². The van der Waals surface area contributed by atoms with E-state index in [-0.39, 0.29) is 22.8 Å². The summed E-state index contributed by atoms with van der Waals surface area (Å²) in [4.78, 5) is 15.0. The van der Waals surface area contributed by atoms with E-state index < -0.39 is 0 Å². The minimum Gasteiger partial charge on any atom is -0.508 e. The number of hydrogen-bond acceptors (Lipinski definition) is 4. The number of nitrogens with one attached hydrogen (secondary N) is 1. The molecule has 2 fully saturated rings. The van der Waals surface area contributed by atoms with Crippen molar-refractivity contribution in [1.82, 2.24) is 10.2 Å². The molecule has 1 saturated heterocycles. The molecule has 0 radical (unpaired) electrons. The van der Waals surface area contributed by atoms with E-state index in [0.717, 1.165) is 18.5 Å². The Bertz CT molecular complexity index is 865. The van der Waals surface area contributed by atoms with Gasteiger partial charge in [-0.1, -0.05) is 13.0 Å². The van der Waals surface area contributed by atoms with Crippen LogP contribution >= 0.6 is 11.3 Å². The number of likely N-dealkylation sites (N-methyl/N-ethyl adjacent to an activating group) is 1. The lowest BCUT2D eigenvalue weighted by Gasteiger charge is -2.75. The van der Waals surface area contributed by atoms with Crippen molar-refractivity contribution in [2.45, 2.75) is 37.3 Å². The van der Waals surface area contributed by atoms with Crippen molar-refractivity contribution in [1.29, 1.82) is 0 Å². The topological polar surface area (TPSA) is 52.6 Å². The number of likely N-dealkylation sites (tertiary alicyclic amines) is 1. The zero-order valence-corrected chi connectivity index (χ0v) is 15.3. The molecule has 2 aliphatic carbocycles. The number of fused-ring (bicyclic) bond motifs is 2. The molecule has 3 aliphatic rings. The standard InChI is InChI=1S/C20H22N2O2S/c1-19-15-8-14(23)4-3-13(15)9-20(19)11-22(2)18(20)17(19)21-16(24)7-12-5-6-25-10-12/h3-6,8,10,17-18,23H,7,9,11H2,1-2H3,(H,21,24)/t17-,18-,19+,20-/m0/s1. The Balaban J connectivity index is 1.47. The van der Waals surface area contributed by atoms with Gasteiger partial charge in [0.2, 0.25) is 5.91 Å². The highest BCUT2D eigenvalue weighted by Crippen LogP contribution is 2.70. The molecule has 2 heterocycles. The van der Waals surface area contributed by atoms with Gasteiger partial charge in [-0.15, -0.1) is 0 Å². The predicted octanol–water partition coefficient (Wildman–Crippen LogP) is 2.31. The Morgan fingerprint density at radius 3 is 3.00 bits per heavy atom. The first-order valence-electron chi connectivity index (χ1n) is 8.79. The highest BCUT2D eigenvalue weighted by Gasteiger charge is 2.79. The number of rotatable bonds is 3. The third kappa shape index (κ3) is 1.78. The molecule has 130 valence electrons. The first kappa shape index (κ1) is 15.4. The van der Waals surface area contributed by atoms with E-state index in [1.54, 1.807) is 17.4 Å². The summed E-state index contributed by atoms with van der Waals surface area (Å²) in [7, 11) is 2.15. The second-order valence-corrected chi connectivity index (χ2v) is 8.87. The van der Waals surface area contributed by atoms with Crippen molar-refractivity contribution < 1.29 is 9.90 Å². The molecule has 1 saturated carbocycles. The second kappa shape index (κ2) is 4.86. The van der Waals surface area contributed by atoms with Crippen LogP contribution in [0.5, 0.6) is 5.75 Å². The third-order valence-corrected chi connectivity index (χ3v) is 7.70. The molecule has 1 aromatic heterocycles. The van der Waals surface area contributed by atoms with Gasteiger partial charge >= 0.3 is 0 Å². The number of piperidine rings is 1. The number of aromatic hydroxyl groups is 1. The highest BCUT2D eigenvalue weighted by atomic mass is 32.1. The van der Waals surface area contributed by atoms with Crippen molar-refractivity contribution >= 4 is 17.2 Å². The van der Waals surface area contributed by atoms with Gasteiger partial charge in [0.15, 0.2) is 0 Å². The number of carbonyl (C=O) groups is 1. The van der Waals surface area contributed by atoms with E-state index in [1.807, 2.05) is 22.9 Å². The van der Waals surface area contributed by atoms with E-state index in [4.69, 9.17) is 0 Å². The summed E-state index contributed by atoms with van der Waals surface area (Å²) in [5.74, 6) is 0.406. The molecule has 0 unspecified atom stereocenters. The first-order valence-corrected chi connectivity index (χ1v) is 9.73. The van der Waals surface area contributed by atoms with E-state index in [2.05, 4.69) is 30.3 Å². The van der Waals surface area contributed by atoms with Gasteiger partial charge in [0.25, 0.3) is 0 Å². The summed E-state index contributed by atoms with van der Waals surface area (Å²) in [6, 6.07) is 8.25. The maximum Gasteiger partial charge on any atom is 0.224 e. The summed E-state index contributed by atoms with van der Waals surface area (Å²) >= 11 is 1.62. The molecule has 4 atom stereocenters. The maximum atomic E-state index is 12.6. The lowest BCUT2D eigenvalue weighted by Crippen LogP contribution is -2.89. The minimum absolute atomic E-state index is 0.0899. The van der Waals surface area contributed by atoms with Crippen LogP contribution in [-0.4, -0.2) is 41.6 Å². The molecule has 5 heteroatoms. The molecule has 2 aromatic rings. The fourth-order valence-corrected chi connectivity index (χ4v) is 6.54. The van der Waals surface area contributed by atoms with E-state index >= 15 is 0 Å². The molecule has 5 rings (SSSR count). The summed E-state index contributed by atoms with van der Waals surface area (Å²) in [5.41, 5.74) is 3.73. The lowest BCUT2D eigenvalue weighted by atomic mass is 9.40. The third-order valence-electron chi connectivity index (χ3n) is 6.96. The van der Waals surface area contributed by atoms with Gasteiger partial charge in [-0.05, 0) is 59.1 Å². The zero-order chi connectivity index (χ0) is 17.4. The summed E-state index contributed by atoms with van der Waals surface area (Å²) < 4.78 is 0. The summed E-state index contributed by atoms with van der Waals surface area (Å²) in [6.45, 7) is 3.33. The van der Waals surface area contributed by atoms with Gasteiger partial charge in [0.1, 0.15) is 5.75 Å². The molecule has 25 heavy (non-hydrogen) atoms. The Labute approximate surface area is 151 Å². The van der Waals surface area contributed by atoms with Gasteiger partial charge in [0, 0.05) is 23.4 Å². The van der Waals surface area contributed by atoms with Gasteiger partial charge < -0.3 is 15.3 Å². The number of nitrogens with zero attached hydrogens (tertiary/aromatic N) is 1. The Kier molecular flexibility index (Phi) is 3.00. The average molecular weight is 354 g/mol. The Hall–Kier alpha value is -1.85. The number of amides is 1. The molecule has 1 spiro atoms. The van der Waals surface area contributed by atoms with Gasteiger partial charge in [-0.3, -0.25) is 4.79 Å². The maximum absolute atomic E-state index is 12.6. The van der Waals surface area contributed by atoms with Crippen molar-refractivity contribution in [3.8, 4) is 5.75 Å². The average Bonchev–Trinajstić information content (AvgIpc) is 3.13. The number of hydrogen-bond donors (Lipinski definition) is 2. The molecule has 4 nitrogen and oxygen atoms in total. The molecule has 1 amide bonds. The molecule has 1 aliphatic heterocycles. The van der Waals surface area contributed by atoms with Crippen LogP contribution in [0.3, 0.4) is 0 Å². The lowest BCUT2D eigenvalue weighted by molar-refractivity contribution is -0.215. The number of thiophene rings is 1. The SMILES string of the molecule is CN1C[C@]23Cc4ccc(O)cc4[C@]2(C)[C@@H](NC(=O)Cc2ccsc2)[C@H]13. The van der Waals surface area contributed by atoms with Crippen molar-refractivity contribution in [3.05, 3.63) is 51.7 Å². The number of phenolic OH excluding ortho intramolecular Hbond substituents is 1. The molecular formula is C20H22N2O2S. The Morgan fingerprint density at radius 2 is 2.28 bits per heavy atom. The first-order chi connectivity index (χ1) is 12.0. The predicted molar refractivity (Wildman–Crippen MR) is 98.0 cm³/mol. The van der Waals surface area contributed by atoms with Crippen LogP contribution in [0.25, 0.3) is 0 Å². The number of phenols is 1. The largest absolute Gasteiger partial charge is 0.508 e. The summed E-state index contributed by atoms with van der Waals surface area (Å²) in [6.07, 6.45) is 1.48. The fourth-order valence-electron chi connectivity index (χ4n) is 5.87. The molecule has 2 N–H and O–H groups in total. The minimum atomic E-state index is -0.0947. The zero-order valence-electron chi connectivity index (χ0n) is 14.5. The monoisotopic (exact) mass is 354 g/mol. The van der Waals surface area contributed by atoms with Crippen molar-refractivity contribution in [2.75, 3.05) is 13.6 Å². The van der Waals surface area contributed by atoms with E-state index in [1.165, 1.54) is 11.1 Å². The molecule has 1 aromatic carbocycles. The molecule has 0 bridgehead atoms. The van der Waals surface area contributed by atoms with Crippen molar-refractivity contribution in [3.63, 3.8) is 0 Å². The van der Waals surface area contributed by atoms with Crippen LogP contribution in [-0.2, 0) is 23.1 Å². The Morgan fingerprint density at radius 1 is 1.44 bits per heavy atom. The van der Waals surface area contributed by atoms with Crippen molar-refractivity contribution in [2.24, 2.45) is 5.41 Å². The summed E-state index contributed by atoms with van der Waals surface area (Å²) in [5, 5.41) is 17.4. The van der Waals surface area contributed by atoms with Crippen LogP contribution in [0.1, 0.15) is 23.6 Å². The van der Waals surface area contributed by atoms with Gasteiger partial charge in [0.05, 0.1) is 12.5 Å². The van der Waals surface area contributed by atoms with Crippen LogP contribution in [0, 0.1) is 5.41 Å². The normalized spacial score (nSPS) is 35.1. The quantitative estimate of drug-likeness (QED) is 0.889. The fraction of sp³-hybridized carbons (Fsp3) is 0.450. The number of carbonyl (C=O) groups excluding carboxylic acids is 1. The van der Waals surface area contributed by atoms with Crippen LogP contribution < -0.4 is 5.32 Å². The smallest absolute Gasteiger partial charge is 0.224 e. The van der Waals surface area contributed by atoms with Crippen LogP contribution in [0.15, 0.2) is 35.0 Å². The second-order valence-electron chi connectivity index (χ2n) is 8.09. The van der Waals surface area contributed by atoms with E-state index in [9.17, 15) is 9.90 Å². The highest BCUT2D eigenvalue weighted by molar-refractivity contribution is 7.08. The number of benzene rings is 1. The van der Waals surface area contributed by atoms with Gasteiger partial charge in [-0.25, -0.2) is 0 Å². The van der Waals surface area contributed by atoms with Crippen LogP contribution in [0.4, 0.5) is 0 Å². The van der Waals surface area contributed by atoms with Gasteiger partial charge in [-0.2, -0.15) is 11.3 Å². The van der Waals surface area contributed by atoms with Crippen LogP contribution in [0.2, 0.25) is 0 Å². The molecular weight excluding hydrogens is 332 g/mol.